The van der Waals surface area contributed by atoms with E-state index in [1.54, 1.807) is 7.11 Å². The molecule has 0 spiro atoms. The third-order valence-corrected chi connectivity index (χ3v) is 4.93. The highest BCUT2D eigenvalue weighted by molar-refractivity contribution is 7.99. The van der Waals surface area contributed by atoms with Crippen LogP contribution in [-0.4, -0.2) is 40.1 Å². The minimum atomic E-state index is -0.124. The van der Waals surface area contributed by atoms with E-state index in [1.807, 2.05) is 66.2 Å². The third-order valence-electron chi connectivity index (χ3n) is 3.94. The molecule has 0 fully saturated rings. The van der Waals surface area contributed by atoms with Gasteiger partial charge in [-0.3, -0.25) is 4.79 Å². The van der Waals surface area contributed by atoms with Crippen LogP contribution in [0.5, 0.6) is 11.5 Å². The maximum absolute atomic E-state index is 12.2. The lowest BCUT2D eigenvalue weighted by Gasteiger charge is -2.07. The van der Waals surface area contributed by atoms with Crippen molar-refractivity contribution in [2.24, 2.45) is 7.05 Å². The van der Waals surface area contributed by atoms with Crippen LogP contribution in [-0.2, 0) is 18.3 Å². The van der Waals surface area contributed by atoms with Gasteiger partial charge in [-0.15, -0.1) is 10.2 Å². The SMILES string of the molecule is COc1ccc(OCCSc2nnc(CC(=O)Nc3ccccc3)n2C)cc1. The van der Waals surface area contributed by atoms with Gasteiger partial charge in [0.25, 0.3) is 0 Å². The molecule has 2 aromatic carbocycles. The standard InChI is InChI=1S/C20H22N4O3S/c1-24-18(14-19(25)21-15-6-4-3-5-7-15)22-23-20(24)28-13-12-27-17-10-8-16(26-2)9-11-17/h3-11H,12-14H2,1-2H3,(H,21,25). The number of nitrogens with one attached hydrogen (secondary N) is 1. The number of amides is 1. The average molecular weight is 398 g/mol. The summed E-state index contributed by atoms with van der Waals surface area (Å²) in [7, 11) is 3.49. The fourth-order valence-electron chi connectivity index (χ4n) is 2.46. The summed E-state index contributed by atoms with van der Waals surface area (Å²) in [6.07, 6.45) is 0.168. The molecule has 3 rings (SSSR count). The van der Waals surface area contributed by atoms with Gasteiger partial charge in [0.1, 0.15) is 17.3 Å². The molecule has 146 valence electrons. The van der Waals surface area contributed by atoms with Crippen LogP contribution in [0.25, 0.3) is 0 Å². The number of anilines is 1. The van der Waals surface area contributed by atoms with Crippen LogP contribution in [0.3, 0.4) is 0 Å². The molecule has 0 saturated carbocycles. The molecule has 1 N–H and O–H groups in total. The summed E-state index contributed by atoms with van der Waals surface area (Å²) in [6.45, 7) is 0.535. The van der Waals surface area contributed by atoms with Gasteiger partial charge < -0.3 is 19.4 Å². The van der Waals surface area contributed by atoms with Crippen molar-refractivity contribution in [2.75, 3.05) is 24.8 Å². The zero-order valence-electron chi connectivity index (χ0n) is 15.8. The first kappa shape index (κ1) is 19.8. The highest BCUT2D eigenvalue weighted by Crippen LogP contribution is 2.19. The molecule has 0 aliphatic heterocycles. The van der Waals surface area contributed by atoms with Crippen LogP contribution in [0.1, 0.15) is 5.82 Å². The zero-order chi connectivity index (χ0) is 19.8. The molecule has 1 aromatic heterocycles. The smallest absolute Gasteiger partial charge is 0.232 e. The fourth-order valence-corrected chi connectivity index (χ4v) is 3.21. The van der Waals surface area contributed by atoms with Gasteiger partial charge in [-0.05, 0) is 36.4 Å². The number of benzene rings is 2. The molecule has 0 bridgehead atoms. The number of thioether (sulfide) groups is 1. The van der Waals surface area contributed by atoms with Crippen molar-refractivity contribution in [3.05, 3.63) is 60.4 Å². The Kier molecular flexibility index (Phi) is 6.91. The zero-order valence-corrected chi connectivity index (χ0v) is 16.6. The van der Waals surface area contributed by atoms with Gasteiger partial charge in [0.05, 0.1) is 20.1 Å². The highest BCUT2D eigenvalue weighted by Gasteiger charge is 2.13. The number of rotatable bonds is 9. The summed E-state index contributed by atoms with van der Waals surface area (Å²) in [6, 6.07) is 16.8. The second-order valence-corrected chi connectivity index (χ2v) is 6.98. The van der Waals surface area contributed by atoms with Gasteiger partial charge in [-0.2, -0.15) is 0 Å². The molecule has 0 aliphatic carbocycles. The largest absolute Gasteiger partial charge is 0.497 e. The summed E-state index contributed by atoms with van der Waals surface area (Å²) in [5.41, 5.74) is 0.764. The maximum Gasteiger partial charge on any atom is 0.232 e. The molecular weight excluding hydrogens is 376 g/mol. The van der Waals surface area contributed by atoms with Crippen molar-refractivity contribution in [3.8, 4) is 11.5 Å². The first-order chi connectivity index (χ1) is 13.7. The van der Waals surface area contributed by atoms with Crippen molar-refractivity contribution in [2.45, 2.75) is 11.6 Å². The number of nitrogens with zero attached hydrogens (tertiary/aromatic N) is 3. The van der Waals surface area contributed by atoms with Crippen LogP contribution < -0.4 is 14.8 Å². The maximum atomic E-state index is 12.2. The van der Waals surface area contributed by atoms with Crippen molar-refractivity contribution in [1.29, 1.82) is 0 Å². The van der Waals surface area contributed by atoms with Crippen LogP contribution in [0, 0.1) is 0 Å². The van der Waals surface area contributed by atoms with Gasteiger partial charge in [-0.1, -0.05) is 30.0 Å². The average Bonchev–Trinajstić information content (AvgIpc) is 3.06. The number of para-hydroxylation sites is 1. The first-order valence-electron chi connectivity index (χ1n) is 8.78. The summed E-state index contributed by atoms with van der Waals surface area (Å²) in [5, 5.41) is 11.9. The lowest BCUT2D eigenvalue weighted by Crippen LogP contribution is -2.17. The number of ether oxygens (including phenoxy) is 2. The lowest BCUT2D eigenvalue weighted by atomic mass is 10.3. The van der Waals surface area contributed by atoms with E-state index in [4.69, 9.17) is 9.47 Å². The van der Waals surface area contributed by atoms with E-state index in [9.17, 15) is 4.79 Å². The summed E-state index contributed by atoms with van der Waals surface area (Å²) < 4.78 is 12.7. The Balaban J connectivity index is 1.45. The minimum Gasteiger partial charge on any atom is -0.497 e. The van der Waals surface area contributed by atoms with Gasteiger partial charge in [0.2, 0.25) is 5.91 Å². The third kappa shape index (κ3) is 5.50. The van der Waals surface area contributed by atoms with Gasteiger partial charge in [0.15, 0.2) is 5.16 Å². The van der Waals surface area contributed by atoms with E-state index < -0.39 is 0 Å². The quantitative estimate of drug-likeness (QED) is 0.441. The Labute approximate surface area is 168 Å². The molecule has 1 heterocycles. The predicted molar refractivity (Wildman–Crippen MR) is 109 cm³/mol. The van der Waals surface area contributed by atoms with E-state index in [-0.39, 0.29) is 12.3 Å². The number of carbonyl (C=O) groups excluding carboxylic acids is 1. The van der Waals surface area contributed by atoms with Gasteiger partial charge in [0, 0.05) is 18.5 Å². The van der Waals surface area contributed by atoms with E-state index >= 15 is 0 Å². The van der Waals surface area contributed by atoms with Crippen molar-refractivity contribution in [3.63, 3.8) is 0 Å². The first-order valence-corrected chi connectivity index (χ1v) is 9.77. The molecule has 28 heavy (non-hydrogen) atoms. The molecule has 0 aliphatic rings. The number of hydrogen-bond donors (Lipinski definition) is 1. The van der Waals surface area contributed by atoms with Crippen LogP contribution in [0.15, 0.2) is 59.8 Å². The van der Waals surface area contributed by atoms with E-state index in [2.05, 4.69) is 15.5 Å². The number of hydrogen-bond acceptors (Lipinski definition) is 6. The molecule has 7 nitrogen and oxygen atoms in total. The lowest BCUT2D eigenvalue weighted by molar-refractivity contribution is -0.115. The summed E-state index contributed by atoms with van der Waals surface area (Å²) >= 11 is 1.53. The van der Waals surface area contributed by atoms with Crippen LogP contribution in [0.4, 0.5) is 5.69 Å². The molecule has 8 heteroatoms. The molecule has 0 saturated heterocycles. The highest BCUT2D eigenvalue weighted by atomic mass is 32.2. The fraction of sp³-hybridized carbons (Fsp3) is 0.250. The van der Waals surface area contributed by atoms with Gasteiger partial charge in [-0.25, -0.2) is 0 Å². The van der Waals surface area contributed by atoms with Crippen molar-refractivity contribution < 1.29 is 14.3 Å². The van der Waals surface area contributed by atoms with E-state index in [0.717, 1.165) is 22.3 Å². The van der Waals surface area contributed by atoms with E-state index in [0.29, 0.717) is 18.2 Å². The molecular formula is C20H22N4O3S. The molecule has 0 atom stereocenters. The van der Waals surface area contributed by atoms with Gasteiger partial charge >= 0.3 is 0 Å². The summed E-state index contributed by atoms with van der Waals surface area (Å²) in [4.78, 5) is 12.2. The minimum absolute atomic E-state index is 0.124. The van der Waals surface area contributed by atoms with Crippen LogP contribution in [0.2, 0.25) is 0 Å². The Bertz CT molecular complexity index is 898. The van der Waals surface area contributed by atoms with Crippen molar-refractivity contribution >= 4 is 23.4 Å². The number of aromatic nitrogens is 3. The molecule has 3 aromatic rings. The Morgan fingerprint density at radius 3 is 2.50 bits per heavy atom. The normalized spacial score (nSPS) is 10.5. The monoisotopic (exact) mass is 398 g/mol. The summed E-state index contributed by atoms with van der Waals surface area (Å²) in [5.74, 6) is 2.80. The molecule has 0 radical (unpaired) electrons. The Hall–Kier alpha value is -3.00. The Morgan fingerprint density at radius 1 is 1.07 bits per heavy atom. The van der Waals surface area contributed by atoms with Crippen LogP contribution >= 0.6 is 11.8 Å². The topological polar surface area (TPSA) is 78.3 Å². The van der Waals surface area contributed by atoms with E-state index in [1.165, 1.54) is 11.8 Å². The molecule has 0 unspecified atom stereocenters. The number of carbonyl (C=O) groups is 1. The second kappa shape index (κ2) is 9.80. The molecule has 1 amide bonds. The predicted octanol–water partition coefficient (Wildman–Crippen LogP) is 3.18. The Morgan fingerprint density at radius 2 is 1.79 bits per heavy atom. The van der Waals surface area contributed by atoms with Crippen molar-refractivity contribution in [1.82, 2.24) is 14.8 Å². The number of methoxy groups -OCH3 is 1. The second-order valence-electron chi connectivity index (χ2n) is 5.92.